The van der Waals surface area contributed by atoms with Crippen molar-refractivity contribution >= 4 is 35.1 Å². The molecule has 0 aliphatic carbocycles. The number of rotatable bonds is 7. The maximum absolute atomic E-state index is 13.2. The summed E-state index contributed by atoms with van der Waals surface area (Å²) in [5.74, 6) is 0.609. The average molecular weight is 377 g/mol. The number of nitrogens with zero attached hydrogens (tertiary/aromatic N) is 4. The Bertz CT molecular complexity index is 864. The molecule has 0 spiro atoms. The lowest BCUT2D eigenvalue weighted by Gasteiger charge is -2.03. The third-order valence-corrected chi connectivity index (χ3v) is 4.97. The second-order valence-electron chi connectivity index (χ2n) is 5.39. The Morgan fingerprint density at radius 3 is 3.04 bits per heavy atom. The fraction of sp³-hybridized carbons (Fsp3) is 0.250. The summed E-state index contributed by atoms with van der Waals surface area (Å²) >= 11 is 2.67. The zero-order chi connectivity index (χ0) is 17.6. The molecule has 3 rings (SSSR count). The first-order chi connectivity index (χ1) is 12.1. The van der Waals surface area contributed by atoms with Gasteiger partial charge in [-0.2, -0.15) is 13.8 Å². The predicted octanol–water partition coefficient (Wildman–Crippen LogP) is 3.10. The van der Waals surface area contributed by atoms with Crippen LogP contribution in [0, 0.1) is 12.7 Å². The van der Waals surface area contributed by atoms with Gasteiger partial charge in [0.2, 0.25) is 5.91 Å². The number of aryl methyl sites for hydroxylation is 1. The number of hydrogen-bond acceptors (Lipinski definition) is 6. The third kappa shape index (κ3) is 5.10. The zero-order valence-corrected chi connectivity index (χ0v) is 15.1. The van der Waals surface area contributed by atoms with Crippen molar-refractivity contribution < 1.29 is 9.18 Å². The number of thioether (sulfide) groups is 1. The second kappa shape index (κ2) is 8.21. The van der Waals surface area contributed by atoms with Gasteiger partial charge in [-0.1, -0.05) is 12.1 Å². The van der Waals surface area contributed by atoms with Gasteiger partial charge in [-0.25, -0.2) is 4.39 Å². The Hall–Kier alpha value is -2.26. The topological polar surface area (TPSA) is 72.7 Å². The summed E-state index contributed by atoms with van der Waals surface area (Å²) in [5.41, 5.74) is 3.26. The number of carbonyl (C=O) groups excluding carboxylic acids is 1. The Labute approximate surface area is 152 Å². The minimum atomic E-state index is -0.277. The molecule has 0 saturated heterocycles. The molecule has 6 nitrogen and oxygen atoms in total. The van der Waals surface area contributed by atoms with Crippen LogP contribution >= 0.6 is 23.5 Å². The maximum atomic E-state index is 13.2. The molecule has 1 aromatic carbocycles. The number of carbonyl (C=O) groups is 1. The number of benzene rings is 1. The van der Waals surface area contributed by atoms with E-state index in [1.807, 2.05) is 13.0 Å². The molecule has 2 aromatic heterocycles. The largest absolute Gasteiger partial charge is 0.323 e. The van der Waals surface area contributed by atoms with E-state index in [-0.39, 0.29) is 11.7 Å². The van der Waals surface area contributed by atoms with Gasteiger partial charge in [-0.15, -0.1) is 11.8 Å². The van der Waals surface area contributed by atoms with Crippen molar-refractivity contribution in [2.45, 2.75) is 19.2 Å². The Morgan fingerprint density at radius 1 is 1.40 bits per heavy atom. The minimum absolute atomic E-state index is 0.101. The molecule has 130 valence electrons. The summed E-state index contributed by atoms with van der Waals surface area (Å²) in [6.07, 6.45) is 3.30. The van der Waals surface area contributed by atoms with Gasteiger partial charge in [0.1, 0.15) is 5.82 Å². The number of nitrogens with one attached hydrogen (secondary N) is 1. The molecule has 2 heterocycles. The van der Waals surface area contributed by atoms with Crippen LogP contribution in [0.25, 0.3) is 0 Å². The van der Waals surface area contributed by atoms with Crippen molar-refractivity contribution in [3.63, 3.8) is 0 Å². The normalized spacial score (nSPS) is 10.8. The molecule has 1 N–H and O–H groups in total. The first-order valence-corrected chi connectivity index (χ1v) is 9.41. The summed E-state index contributed by atoms with van der Waals surface area (Å²) in [7, 11) is 0. The summed E-state index contributed by atoms with van der Waals surface area (Å²) in [6.45, 7) is 2.35. The SMILES string of the molecule is Cc1nsnc1CSCC(=O)Nc1cnn(Cc2cccc(F)c2)c1. The first-order valence-electron chi connectivity index (χ1n) is 7.52. The first kappa shape index (κ1) is 17.6. The van der Waals surface area contributed by atoms with Gasteiger partial charge in [0.05, 0.1) is 47.3 Å². The van der Waals surface area contributed by atoms with Crippen molar-refractivity contribution in [2.75, 3.05) is 11.1 Å². The average Bonchev–Trinajstić information content (AvgIpc) is 3.17. The minimum Gasteiger partial charge on any atom is -0.323 e. The predicted molar refractivity (Wildman–Crippen MR) is 97.2 cm³/mol. The van der Waals surface area contributed by atoms with Crippen LogP contribution in [0.3, 0.4) is 0 Å². The van der Waals surface area contributed by atoms with Crippen molar-refractivity contribution in [2.24, 2.45) is 0 Å². The third-order valence-electron chi connectivity index (χ3n) is 3.37. The van der Waals surface area contributed by atoms with Crippen LogP contribution in [0.2, 0.25) is 0 Å². The monoisotopic (exact) mass is 377 g/mol. The number of halogens is 1. The van der Waals surface area contributed by atoms with Crippen LogP contribution in [0.4, 0.5) is 10.1 Å². The van der Waals surface area contributed by atoms with E-state index in [0.717, 1.165) is 17.0 Å². The lowest BCUT2D eigenvalue weighted by molar-refractivity contribution is -0.113. The molecule has 0 bridgehead atoms. The molecule has 3 aromatic rings. The molecule has 0 aliphatic heterocycles. The van der Waals surface area contributed by atoms with Crippen molar-refractivity contribution in [1.82, 2.24) is 18.5 Å². The Kier molecular flexibility index (Phi) is 5.77. The highest BCUT2D eigenvalue weighted by atomic mass is 32.2. The lowest BCUT2D eigenvalue weighted by Crippen LogP contribution is -2.13. The van der Waals surface area contributed by atoms with Crippen LogP contribution in [0.15, 0.2) is 36.7 Å². The van der Waals surface area contributed by atoms with E-state index in [1.165, 1.54) is 35.6 Å². The molecule has 0 atom stereocenters. The van der Waals surface area contributed by atoms with Gasteiger partial charge in [0.15, 0.2) is 0 Å². The fourth-order valence-electron chi connectivity index (χ4n) is 2.15. The summed E-state index contributed by atoms with van der Waals surface area (Å²) in [4.78, 5) is 12.0. The molecular formula is C16H16FN5OS2. The summed E-state index contributed by atoms with van der Waals surface area (Å²) in [6, 6.07) is 6.35. The van der Waals surface area contributed by atoms with Gasteiger partial charge >= 0.3 is 0 Å². The van der Waals surface area contributed by atoms with Crippen LogP contribution in [-0.2, 0) is 17.1 Å². The van der Waals surface area contributed by atoms with E-state index < -0.39 is 0 Å². The van der Waals surface area contributed by atoms with E-state index in [1.54, 1.807) is 23.1 Å². The van der Waals surface area contributed by atoms with Gasteiger partial charge in [0.25, 0.3) is 0 Å². The highest BCUT2D eigenvalue weighted by Gasteiger charge is 2.08. The Balaban J connectivity index is 1.47. The van der Waals surface area contributed by atoms with E-state index in [4.69, 9.17) is 0 Å². The van der Waals surface area contributed by atoms with Crippen LogP contribution in [-0.4, -0.2) is 30.2 Å². The van der Waals surface area contributed by atoms with E-state index in [9.17, 15) is 9.18 Å². The smallest absolute Gasteiger partial charge is 0.234 e. The zero-order valence-electron chi connectivity index (χ0n) is 13.5. The van der Waals surface area contributed by atoms with E-state index in [2.05, 4.69) is 19.2 Å². The molecule has 0 fully saturated rings. The highest BCUT2D eigenvalue weighted by molar-refractivity contribution is 7.99. The highest BCUT2D eigenvalue weighted by Crippen LogP contribution is 2.15. The Morgan fingerprint density at radius 2 is 2.28 bits per heavy atom. The molecule has 25 heavy (non-hydrogen) atoms. The lowest BCUT2D eigenvalue weighted by atomic mass is 10.2. The van der Waals surface area contributed by atoms with Crippen molar-refractivity contribution in [3.05, 3.63) is 59.4 Å². The molecule has 1 amide bonds. The fourth-order valence-corrected chi connectivity index (χ4v) is 3.63. The number of anilines is 1. The standard InChI is InChI=1S/C16H16FN5OS2/c1-11-15(21-25-20-11)9-24-10-16(23)19-14-6-18-22(8-14)7-12-3-2-4-13(17)5-12/h2-6,8H,7,9-10H2,1H3,(H,19,23). The second-order valence-corrected chi connectivity index (χ2v) is 6.91. The van der Waals surface area contributed by atoms with Gasteiger partial charge in [0, 0.05) is 11.9 Å². The molecule has 0 aliphatic rings. The van der Waals surface area contributed by atoms with Crippen LogP contribution in [0.1, 0.15) is 17.0 Å². The van der Waals surface area contributed by atoms with Gasteiger partial charge in [-0.3, -0.25) is 9.48 Å². The summed E-state index contributed by atoms with van der Waals surface area (Å²) in [5, 5.41) is 6.99. The molecule has 0 saturated carbocycles. The quantitative estimate of drug-likeness (QED) is 0.685. The van der Waals surface area contributed by atoms with Gasteiger partial charge < -0.3 is 5.32 Å². The van der Waals surface area contributed by atoms with Crippen molar-refractivity contribution in [3.8, 4) is 0 Å². The van der Waals surface area contributed by atoms with Crippen LogP contribution < -0.4 is 5.32 Å². The van der Waals surface area contributed by atoms with E-state index in [0.29, 0.717) is 23.7 Å². The molecule has 0 unspecified atom stereocenters. The molecule has 0 radical (unpaired) electrons. The number of amides is 1. The maximum Gasteiger partial charge on any atom is 0.234 e. The molecular weight excluding hydrogens is 361 g/mol. The number of aromatic nitrogens is 4. The van der Waals surface area contributed by atoms with E-state index >= 15 is 0 Å². The molecule has 9 heteroatoms. The van der Waals surface area contributed by atoms with Gasteiger partial charge in [-0.05, 0) is 24.6 Å². The van der Waals surface area contributed by atoms with Crippen molar-refractivity contribution in [1.29, 1.82) is 0 Å². The number of hydrogen-bond donors (Lipinski definition) is 1. The summed E-state index contributed by atoms with van der Waals surface area (Å²) < 4.78 is 23.1. The van der Waals surface area contributed by atoms with Crippen LogP contribution in [0.5, 0.6) is 0 Å².